The first-order valence-electron chi connectivity index (χ1n) is 10.3. The van der Waals surface area contributed by atoms with Crippen molar-refractivity contribution in [2.45, 2.75) is 30.8 Å². The highest BCUT2D eigenvalue weighted by Crippen LogP contribution is 2.33. The number of benzene rings is 2. The van der Waals surface area contributed by atoms with E-state index in [0.29, 0.717) is 32.6 Å². The Kier molecular flexibility index (Phi) is 7.02. The summed E-state index contributed by atoms with van der Waals surface area (Å²) in [7, 11) is 0. The van der Waals surface area contributed by atoms with E-state index in [1.165, 1.54) is 23.1 Å². The Morgan fingerprint density at radius 2 is 1.94 bits per heavy atom. The second-order valence-electron chi connectivity index (χ2n) is 7.55. The molecule has 0 radical (unpaired) electrons. The average Bonchev–Trinajstić information content (AvgIpc) is 3.22. The lowest BCUT2D eigenvalue weighted by Gasteiger charge is -2.15. The van der Waals surface area contributed by atoms with E-state index >= 15 is 0 Å². The highest BCUT2D eigenvalue weighted by atomic mass is 35.5. The summed E-state index contributed by atoms with van der Waals surface area (Å²) < 4.78 is 1.58. The van der Waals surface area contributed by atoms with Crippen molar-refractivity contribution in [1.82, 2.24) is 9.55 Å². The standard InChI is InChI=1S/C25H22ClN3O2S2/c1-4-13-29-24(31)21-20(17-7-5-15(2)6-8-17)14-32-23(21)28-25(29)33-16(3)22(30)27-19-11-9-18(26)10-12-19/h4-12,14,16H,1,13H2,2-3H3,(H,27,30). The van der Waals surface area contributed by atoms with Gasteiger partial charge >= 0.3 is 0 Å². The van der Waals surface area contributed by atoms with E-state index in [-0.39, 0.29) is 11.5 Å². The quantitative estimate of drug-likeness (QED) is 0.183. The molecule has 5 nitrogen and oxygen atoms in total. The highest BCUT2D eigenvalue weighted by molar-refractivity contribution is 8.00. The summed E-state index contributed by atoms with van der Waals surface area (Å²) in [6, 6.07) is 15.0. The molecule has 1 N–H and O–H groups in total. The Hall–Kier alpha value is -2.87. The number of nitrogens with one attached hydrogen (secondary N) is 1. The second kappa shape index (κ2) is 9.95. The van der Waals surface area contributed by atoms with Crippen molar-refractivity contribution in [3.05, 3.63) is 87.5 Å². The molecule has 4 aromatic rings. The largest absolute Gasteiger partial charge is 0.325 e. The van der Waals surface area contributed by atoms with Crippen molar-refractivity contribution in [3.8, 4) is 11.1 Å². The zero-order valence-electron chi connectivity index (χ0n) is 18.2. The van der Waals surface area contributed by atoms with Crippen LogP contribution in [0.2, 0.25) is 5.02 Å². The minimum Gasteiger partial charge on any atom is -0.325 e. The summed E-state index contributed by atoms with van der Waals surface area (Å²) in [6.07, 6.45) is 1.66. The molecule has 0 aliphatic heterocycles. The van der Waals surface area contributed by atoms with Gasteiger partial charge in [0.25, 0.3) is 5.56 Å². The molecule has 2 aromatic heterocycles. The first kappa shape index (κ1) is 23.3. The third kappa shape index (κ3) is 5.05. The molecule has 4 rings (SSSR count). The predicted molar refractivity (Wildman–Crippen MR) is 140 cm³/mol. The van der Waals surface area contributed by atoms with Crippen LogP contribution in [0.15, 0.2) is 76.5 Å². The normalized spacial score (nSPS) is 12.0. The molecule has 0 spiro atoms. The van der Waals surface area contributed by atoms with Crippen LogP contribution in [0.4, 0.5) is 5.69 Å². The maximum Gasteiger partial charge on any atom is 0.263 e. The maximum absolute atomic E-state index is 13.5. The van der Waals surface area contributed by atoms with Crippen molar-refractivity contribution in [2.24, 2.45) is 0 Å². The van der Waals surface area contributed by atoms with Gasteiger partial charge in [0.2, 0.25) is 5.91 Å². The van der Waals surface area contributed by atoms with Crippen molar-refractivity contribution in [2.75, 3.05) is 5.32 Å². The van der Waals surface area contributed by atoms with Crippen LogP contribution in [-0.4, -0.2) is 20.7 Å². The molecule has 0 fully saturated rings. The van der Waals surface area contributed by atoms with Gasteiger partial charge < -0.3 is 5.32 Å². The first-order chi connectivity index (χ1) is 15.9. The smallest absolute Gasteiger partial charge is 0.263 e. The number of halogens is 1. The molecule has 1 atom stereocenters. The van der Waals surface area contributed by atoms with Crippen LogP contribution in [0.25, 0.3) is 21.3 Å². The average molecular weight is 496 g/mol. The summed E-state index contributed by atoms with van der Waals surface area (Å²) in [6.45, 7) is 7.91. The topological polar surface area (TPSA) is 64.0 Å². The molecule has 0 bridgehead atoms. The molecule has 8 heteroatoms. The summed E-state index contributed by atoms with van der Waals surface area (Å²) in [5.41, 5.74) is 3.53. The molecule has 0 aliphatic carbocycles. The number of nitrogens with zero attached hydrogens (tertiary/aromatic N) is 2. The van der Waals surface area contributed by atoms with Gasteiger partial charge in [0.15, 0.2) is 5.16 Å². The molecule has 1 amide bonds. The molecule has 2 aromatic carbocycles. The number of amides is 1. The molecule has 33 heavy (non-hydrogen) atoms. The molecule has 0 saturated heterocycles. The van der Waals surface area contributed by atoms with Gasteiger partial charge in [0, 0.05) is 28.2 Å². The Bertz CT molecular complexity index is 1380. The van der Waals surface area contributed by atoms with Crippen LogP contribution in [0.5, 0.6) is 0 Å². The number of carbonyl (C=O) groups is 1. The lowest BCUT2D eigenvalue weighted by atomic mass is 10.1. The fourth-order valence-corrected chi connectivity index (χ4v) is 5.35. The molecule has 2 heterocycles. The van der Waals surface area contributed by atoms with Crippen LogP contribution in [0.3, 0.4) is 0 Å². The second-order valence-corrected chi connectivity index (χ2v) is 10.2. The van der Waals surface area contributed by atoms with Crippen LogP contribution < -0.4 is 10.9 Å². The number of aromatic nitrogens is 2. The first-order valence-corrected chi connectivity index (χ1v) is 12.4. The number of hydrogen-bond donors (Lipinski definition) is 1. The van der Waals surface area contributed by atoms with Crippen LogP contribution in [0.1, 0.15) is 12.5 Å². The van der Waals surface area contributed by atoms with Gasteiger partial charge in [-0.05, 0) is 43.7 Å². The summed E-state index contributed by atoms with van der Waals surface area (Å²) >= 11 is 8.59. The summed E-state index contributed by atoms with van der Waals surface area (Å²) in [4.78, 5) is 31.6. The molecular formula is C25H22ClN3O2S2. The van der Waals surface area contributed by atoms with Gasteiger partial charge in [0.1, 0.15) is 4.83 Å². The van der Waals surface area contributed by atoms with E-state index in [1.54, 1.807) is 41.8 Å². The fourth-order valence-electron chi connectivity index (χ4n) is 3.32. The molecule has 0 saturated carbocycles. The number of allylic oxidation sites excluding steroid dienone is 1. The van der Waals surface area contributed by atoms with Gasteiger partial charge in [-0.2, -0.15) is 0 Å². The van der Waals surface area contributed by atoms with E-state index in [9.17, 15) is 9.59 Å². The monoisotopic (exact) mass is 495 g/mol. The third-order valence-electron chi connectivity index (χ3n) is 5.10. The highest BCUT2D eigenvalue weighted by Gasteiger charge is 2.21. The van der Waals surface area contributed by atoms with Gasteiger partial charge in [-0.3, -0.25) is 14.2 Å². The number of rotatable bonds is 7. The van der Waals surface area contributed by atoms with Gasteiger partial charge in [-0.25, -0.2) is 4.98 Å². The molecule has 0 aliphatic rings. The molecule has 168 valence electrons. The van der Waals surface area contributed by atoms with E-state index in [0.717, 1.165) is 16.7 Å². The number of hydrogen-bond acceptors (Lipinski definition) is 5. The number of thiophene rings is 1. The Labute approximate surface area is 205 Å². The van der Waals surface area contributed by atoms with E-state index < -0.39 is 5.25 Å². The fraction of sp³-hybridized carbons (Fsp3) is 0.160. The maximum atomic E-state index is 13.5. The van der Waals surface area contributed by atoms with Crippen LogP contribution in [-0.2, 0) is 11.3 Å². The van der Waals surface area contributed by atoms with E-state index in [1.807, 2.05) is 36.6 Å². The van der Waals surface area contributed by atoms with Crippen LogP contribution >= 0.6 is 34.7 Å². The minimum absolute atomic E-state index is 0.135. The van der Waals surface area contributed by atoms with Gasteiger partial charge in [-0.15, -0.1) is 17.9 Å². The SMILES string of the molecule is C=CCn1c(SC(C)C(=O)Nc2ccc(Cl)cc2)nc2scc(-c3ccc(C)cc3)c2c1=O. The zero-order chi connectivity index (χ0) is 23.5. The summed E-state index contributed by atoms with van der Waals surface area (Å²) in [5, 5.41) is 6.04. The third-order valence-corrected chi connectivity index (χ3v) is 7.31. The molecule has 1 unspecified atom stereocenters. The van der Waals surface area contributed by atoms with Crippen LogP contribution in [0, 0.1) is 6.92 Å². The Morgan fingerprint density at radius 3 is 2.61 bits per heavy atom. The molecular weight excluding hydrogens is 474 g/mol. The van der Waals surface area contributed by atoms with Crippen molar-refractivity contribution in [3.63, 3.8) is 0 Å². The van der Waals surface area contributed by atoms with Gasteiger partial charge in [0.05, 0.1) is 10.6 Å². The Balaban J connectivity index is 1.67. The zero-order valence-corrected chi connectivity index (χ0v) is 20.6. The predicted octanol–water partition coefficient (Wildman–Crippen LogP) is 6.39. The van der Waals surface area contributed by atoms with Gasteiger partial charge in [-0.1, -0.05) is 59.3 Å². The van der Waals surface area contributed by atoms with E-state index in [4.69, 9.17) is 16.6 Å². The number of anilines is 1. The lowest BCUT2D eigenvalue weighted by molar-refractivity contribution is -0.115. The summed E-state index contributed by atoms with van der Waals surface area (Å²) in [5.74, 6) is -0.187. The number of aryl methyl sites for hydroxylation is 1. The van der Waals surface area contributed by atoms with Crippen molar-refractivity contribution in [1.29, 1.82) is 0 Å². The Morgan fingerprint density at radius 1 is 1.24 bits per heavy atom. The minimum atomic E-state index is -0.474. The number of thioether (sulfide) groups is 1. The lowest BCUT2D eigenvalue weighted by Crippen LogP contribution is -2.26. The van der Waals surface area contributed by atoms with Crippen molar-refractivity contribution >= 4 is 56.5 Å². The van der Waals surface area contributed by atoms with E-state index in [2.05, 4.69) is 11.9 Å². The number of fused-ring (bicyclic) bond motifs is 1. The van der Waals surface area contributed by atoms with Crippen molar-refractivity contribution < 1.29 is 4.79 Å². The number of carbonyl (C=O) groups excluding carboxylic acids is 1.